The summed E-state index contributed by atoms with van der Waals surface area (Å²) >= 11 is 0. The first-order valence-corrected chi connectivity index (χ1v) is 25.1. The van der Waals surface area contributed by atoms with E-state index in [2.05, 4.69) is 17.2 Å². The van der Waals surface area contributed by atoms with Crippen molar-refractivity contribution in [3.05, 3.63) is 24.0 Å². The lowest BCUT2D eigenvalue weighted by molar-refractivity contribution is -0.409. The minimum atomic E-state index is -1.54. The molecule has 1 aromatic heterocycles. The van der Waals surface area contributed by atoms with Crippen LogP contribution in [0.5, 0.6) is 0 Å². The van der Waals surface area contributed by atoms with E-state index in [1.807, 2.05) is 55.4 Å². The van der Waals surface area contributed by atoms with Crippen LogP contribution in [0, 0.1) is 41.4 Å². The molecule has 0 aliphatic carbocycles. The van der Waals surface area contributed by atoms with E-state index in [1.54, 1.807) is 25.3 Å². The van der Waals surface area contributed by atoms with Crippen molar-refractivity contribution >= 4 is 23.7 Å². The Morgan fingerprint density at radius 2 is 1.64 bits per heavy atom. The first kappa shape index (κ1) is 53.0. The number of Topliss-reactive ketones (excluding diaryl/α,β-unsaturated/α-hetero) is 1. The van der Waals surface area contributed by atoms with Crippen molar-refractivity contribution in [3.63, 3.8) is 0 Å². The van der Waals surface area contributed by atoms with Gasteiger partial charge in [0.25, 0.3) is 0 Å². The summed E-state index contributed by atoms with van der Waals surface area (Å²) in [6.45, 7) is 19.1. The molecule has 378 valence electrons. The average Bonchev–Trinajstić information content (AvgIpc) is 3.87. The third-order valence-corrected chi connectivity index (χ3v) is 16.4. The topological polar surface area (TPSA) is 235 Å². The smallest absolute Gasteiger partial charge is 0.328 e. The van der Waals surface area contributed by atoms with Crippen LogP contribution in [0.15, 0.2) is 18.3 Å². The van der Waals surface area contributed by atoms with Gasteiger partial charge >= 0.3 is 17.9 Å². The van der Waals surface area contributed by atoms with Gasteiger partial charge in [-0.25, -0.2) is 4.68 Å². The summed E-state index contributed by atoms with van der Waals surface area (Å²) in [5.74, 6) is -8.23. The second-order valence-corrected chi connectivity index (χ2v) is 21.0. The average molecular weight is 946 g/mol. The van der Waals surface area contributed by atoms with Gasteiger partial charge in [-0.15, -0.1) is 5.10 Å². The summed E-state index contributed by atoms with van der Waals surface area (Å²) in [6.07, 6.45) is 6.72. The fraction of sp³-hybridized carbons (Fsp3) is 0.840. The highest BCUT2D eigenvalue weighted by Gasteiger charge is 2.64. The van der Waals surface area contributed by atoms with Crippen LogP contribution in [-0.2, 0) is 60.6 Å². The number of hydrogen-bond donors (Lipinski definition) is 4. The normalized spacial score (nSPS) is 38.8. The van der Waals surface area contributed by atoms with E-state index >= 15 is 0 Å². The molecule has 5 aliphatic rings. The fourth-order valence-electron chi connectivity index (χ4n) is 11.9. The minimum absolute atomic E-state index is 0.0110. The van der Waals surface area contributed by atoms with Gasteiger partial charge in [-0.05, 0) is 108 Å². The number of hydrogen-bond acceptors (Lipinski definition) is 14. The number of aliphatic carboxylic acids is 2. The number of esters is 1. The van der Waals surface area contributed by atoms with Crippen LogP contribution >= 0.6 is 0 Å². The monoisotopic (exact) mass is 946 g/mol. The number of nitrogens with zero attached hydrogens (tertiary/aromatic N) is 3. The van der Waals surface area contributed by atoms with Crippen molar-refractivity contribution in [3.8, 4) is 0 Å². The summed E-state index contributed by atoms with van der Waals surface area (Å²) in [5, 5.41) is 50.2. The van der Waals surface area contributed by atoms with E-state index in [9.17, 15) is 34.5 Å². The van der Waals surface area contributed by atoms with Gasteiger partial charge < -0.3 is 48.8 Å². The molecule has 5 aliphatic heterocycles. The molecule has 6 heterocycles. The molecule has 0 saturated carbocycles. The van der Waals surface area contributed by atoms with Crippen molar-refractivity contribution in [1.29, 1.82) is 0 Å². The Hall–Kier alpha value is -3.32. The standard InChI is InChI=1S/C50H79N3O14/c1-11-35(46(59)60)37-18-17-28(4)44(63-37)32(8)42(57)31(7)43(58)36(12-2)45-29(5)25-30(6)49(65-45)22-20-39(64-41(56)27-53-26-34(51-52-53)15-14-16-40(54)55)50(67-49)24-23-47(10,66-50)38-19-21-48(61,13-3)33(9)62-38/h20,22,26,28-33,35-39,42,44-45,57,61H,11-19,21,23-25,27H2,1-10H3,(H,54,55)(H,59,60)/t28-,29-,30+,31-,32-,33-,35+,36-,37+,38+,39+,42+,44+,45-,47-,48+,49-,50-/m0/s1. The maximum atomic E-state index is 14.7. The molecule has 0 bridgehead atoms. The zero-order valence-electron chi connectivity index (χ0n) is 41.4. The van der Waals surface area contributed by atoms with Crippen molar-refractivity contribution in [2.24, 2.45) is 41.4 Å². The lowest BCUT2D eigenvalue weighted by Gasteiger charge is -2.54. The van der Waals surface area contributed by atoms with Crippen LogP contribution in [0.2, 0.25) is 0 Å². The third-order valence-electron chi connectivity index (χ3n) is 16.4. The molecule has 4 saturated heterocycles. The van der Waals surface area contributed by atoms with E-state index in [4.69, 9.17) is 33.5 Å². The summed E-state index contributed by atoms with van der Waals surface area (Å²) in [6, 6.07) is 0. The largest absolute Gasteiger partial charge is 0.481 e. The number of ether oxygens (including phenoxy) is 6. The molecule has 2 spiro atoms. The summed E-state index contributed by atoms with van der Waals surface area (Å²) in [7, 11) is 0. The summed E-state index contributed by atoms with van der Waals surface area (Å²) in [5.41, 5.74) is -1.32. The van der Waals surface area contributed by atoms with Crippen LogP contribution < -0.4 is 0 Å². The second-order valence-electron chi connectivity index (χ2n) is 21.0. The van der Waals surface area contributed by atoms with Crippen LogP contribution in [0.4, 0.5) is 0 Å². The van der Waals surface area contributed by atoms with E-state index < -0.39 is 107 Å². The zero-order chi connectivity index (χ0) is 49.2. The number of carbonyl (C=O) groups excluding carboxylic acids is 2. The van der Waals surface area contributed by atoms with E-state index in [0.717, 1.165) is 6.42 Å². The fourth-order valence-corrected chi connectivity index (χ4v) is 11.9. The molecular formula is C50H79N3O14. The maximum absolute atomic E-state index is 14.7. The first-order chi connectivity index (χ1) is 31.5. The Balaban J connectivity index is 1.23. The van der Waals surface area contributed by atoms with Crippen molar-refractivity contribution in [2.45, 2.75) is 225 Å². The van der Waals surface area contributed by atoms with Crippen molar-refractivity contribution < 1.29 is 68.0 Å². The number of aromatic nitrogens is 3. The predicted octanol–water partition coefficient (Wildman–Crippen LogP) is 6.44. The van der Waals surface area contributed by atoms with Gasteiger partial charge in [0.05, 0.1) is 59.4 Å². The van der Waals surface area contributed by atoms with Crippen LogP contribution in [-0.4, -0.2) is 125 Å². The van der Waals surface area contributed by atoms with Crippen LogP contribution in [0.1, 0.15) is 152 Å². The lowest BCUT2D eigenvalue weighted by Crippen LogP contribution is -2.63. The van der Waals surface area contributed by atoms with Crippen LogP contribution in [0.25, 0.3) is 0 Å². The number of rotatable bonds is 19. The molecule has 67 heavy (non-hydrogen) atoms. The molecule has 17 nitrogen and oxygen atoms in total. The summed E-state index contributed by atoms with van der Waals surface area (Å²) < 4.78 is 42.0. The van der Waals surface area contributed by atoms with Gasteiger partial charge in [0, 0.05) is 42.7 Å². The Kier molecular flexibility index (Phi) is 16.9. The first-order valence-electron chi connectivity index (χ1n) is 25.1. The number of aryl methyl sites for hydroxylation is 1. The number of carboxylic acids is 2. The highest BCUT2D eigenvalue weighted by Crippen LogP contribution is 2.54. The number of carboxylic acid groups (broad SMARTS) is 2. The third kappa shape index (κ3) is 11.2. The van der Waals surface area contributed by atoms with Crippen molar-refractivity contribution in [1.82, 2.24) is 15.0 Å². The molecule has 4 N–H and O–H groups in total. The number of ketones is 1. The Bertz CT molecular complexity index is 1930. The van der Waals surface area contributed by atoms with Crippen molar-refractivity contribution in [2.75, 3.05) is 0 Å². The number of carbonyl (C=O) groups is 4. The second kappa shape index (κ2) is 21.4. The molecule has 0 aromatic carbocycles. The van der Waals surface area contributed by atoms with Gasteiger partial charge in [-0.2, -0.15) is 0 Å². The SMILES string of the molecule is CC[C@@H](C(=O)[C@@H](C)[C@@H](O)[C@H](C)[C@@H]1O[C@@H]([C@@H](CC)C(=O)O)CC[C@@H]1C)[C@H]1O[C@]2(C=C[C@@H](OC(=O)Cn3cc(CCCC(=O)O)nn3)[C@]3(CC[C@@](C)([C@H]4CC[C@](O)(CC)[C@H](C)O4)O3)O2)[C@H](C)C[C@@H]1C. The quantitative estimate of drug-likeness (QED) is 0.0863. The van der Waals surface area contributed by atoms with Gasteiger partial charge in [-0.1, -0.05) is 60.6 Å². The lowest BCUT2D eigenvalue weighted by atomic mass is 9.72. The molecule has 0 radical (unpaired) electrons. The van der Waals surface area contributed by atoms with E-state index in [-0.39, 0.29) is 36.5 Å². The van der Waals surface area contributed by atoms with E-state index in [1.165, 1.54) is 4.68 Å². The molecule has 0 unspecified atom stereocenters. The molecule has 6 rings (SSSR count). The van der Waals surface area contributed by atoms with Gasteiger partial charge in [-0.3, -0.25) is 19.2 Å². The number of aliphatic hydroxyl groups excluding tert-OH is 1. The Labute approximate surface area is 396 Å². The highest BCUT2D eigenvalue weighted by molar-refractivity contribution is 5.84. The molecule has 18 atom stereocenters. The minimum Gasteiger partial charge on any atom is -0.481 e. The van der Waals surface area contributed by atoms with Gasteiger partial charge in [0.15, 0.2) is 11.9 Å². The summed E-state index contributed by atoms with van der Waals surface area (Å²) in [4.78, 5) is 51.5. The van der Waals surface area contributed by atoms with E-state index in [0.29, 0.717) is 76.3 Å². The molecule has 1 aromatic rings. The predicted molar refractivity (Wildman–Crippen MR) is 243 cm³/mol. The molecule has 17 heteroatoms. The zero-order valence-corrected chi connectivity index (χ0v) is 41.4. The molecule has 0 amide bonds. The van der Waals surface area contributed by atoms with Crippen LogP contribution in [0.3, 0.4) is 0 Å². The Morgan fingerprint density at radius 3 is 2.28 bits per heavy atom. The highest BCUT2D eigenvalue weighted by atomic mass is 16.8. The maximum Gasteiger partial charge on any atom is 0.328 e. The van der Waals surface area contributed by atoms with Gasteiger partial charge in [0.2, 0.25) is 5.79 Å². The molecule has 4 fully saturated rings. The van der Waals surface area contributed by atoms with Gasteiger partial charge in [0.1, 0.15) is 12.3 Å². The molecular weight excluding hydrogens is 867 g/mol. The number of aliphatic hydroxyl groups is 2. The Morgan fingerprint density at radius 1 is 0.925 bits per heavy atom.